The van der Waals surface area contributed by atoms with Gasteiger partial charge in [0.15, 0.2) is 12.0 Å². The molecular formula is C17H21N3O5S. The van der Waals surface area contributed by atoms with Gasteiger partial charge in [-0.05, 0) is 37.2 Å². The SMILES string of the molecule is Cc1cccc(C)c1Oc1ccn(C2OC(N)(CO)C(O)C2O)c(=S)n1. The number of aryl methyl sites for hydroxylation is 2. The molecule has 5 N–H and O–H groups in total. The van der Waals surface area contributed by atoms with E-state index >= 15 is 0 Å². The number of ether oxygens (including phenoxy) is 2. The first-order valence-corrected chi connectivity index (χ1v) is 8.44. The summed E-state index contributed by atoms with van der Waals surface area (Å²) in [5, 5.41) is 29.5. The molecule has 0 saturated carbocycles. The maximum Gasteiger partial charge on any atom is 0.223 e. The summed E-state index contributed by atoms with van der Waals surface area (Å²) in [7, 11) is 0. The Labute approximate surface area is 155 Å². The van der Waals surface area contributed by atoms with Crippen molar-refractivity contribution in [2.24, 2.45) is 5.73 Å². The Balaban J connectivity index is 1.88. The van der Waals surface area contributed by atoms with Gasteiger partial charge in [-0.3, -0.25) is 10.3 Å². The quantitative estimate of drug-likeness (QED) is 0.579. The molecule has 9 heteroatoms. The summed E-state index contributed by atoms with van der Waals surface area (Å²) in [5.41, 5.74) is 5.91. The molecule has 1 aliphatic rings. The minimum atomic E-state index is -1.77. The summed E-state index contributed by atoms with van der Waals surface area (Å²) in [5.74, 6) is 0.985. The summed E-state index contributed by atoms with van der Waals surface area (Å²) in [4.78, 5) is 4.21. The van der Waals surface area contributed by atoms with E-state index in [-0.39, 0.29) is 10.7 Å². The van der Waals surface area contributed by atoms with Crippen molar-refractivity contribution in [3.05, 3.63) is 46.4 Å². The zero-order valence-electron chi connectivity index (χ0n) is 14.4. The van der Waals surface area contributed by atoms with E-state index in [1.807, 2.05) is 32.0 Å². The van der Waals surface area contributed by atoms with Crippen molar-refractivity contribution in [3.63, 3.8) is 0 Å². The first-order chi connectivity index (χ1) is 12.3. The molecule has 140 valence electrons. The van der Waals surface area contributed by atoms with Crippen LogP contribution >= 0.6 is 12.2 Å². The van der Waals surface area contributed by atoms with Crippen molar-refractivity contribution < 1.29 is 24.8 Å². The highest BCUT2D eigenvalue weighted by atomic mass is 32.1. The predicted molar refractivity (Wildman–Crippen MR) is 95.2 cm³/mol. The maximum atomic E-state index is 10.2. The highest BCUT2D eigenvalue weighted by molar-refractivity contribution is 7.71. The molecule has 3 rings (SSSR count). The van der Waals surface area contributed by atoms with Crippen LogP contribution in [0.2, 0.25) is 0 Å². The summed E-state index contributed by atoms with van der Waals surface area (Å²) in [6.45, 7) is 3.20. The Morgan fingerprint density at radius 3 is 2.50 bits per heavy atom. The second-order valence-corrected chi connectivity index (χ2v) is 6.70. The Morgan fingerprint density at radius 1 is 1.31 bits per heavy atom. The molecule has 0 amide bonds. The van der Waals surface area contributed by atoms with E-state index in [1.54, 1.807) is 6.07 Å². The van der Waals surface area contributed by atoms with E-state index in [0.29, 0.717) is 5.75 Å². The van der Waals surface area contributed by atoms with Crippen LogP contribution in [-0.2, 0) is 4.74 Å². The number of nitrogens with two attached hydrogens (primary N) is 1. The second-order valence-electron chi connectivity index (χ2n) is 6.34. The van der Waals surface area contributed by atoms with Gasteiger partial charge in [0.25, 0.3) is 0 Å². The van der Waals surface area contributed by atoms with Gasteiger partial charge in [-0.15, -0.1) is 0 Å². The Hall–Kier alpha value is -1.88. The van der Waals surface area contributed by atoms with Crippen molar-refractivity contribution in [3.8, 4) is 11.6 Å². The Bertz CT molecular complexity index is 853. The van der Waals surface area contributed by atoms with Gasteiger partial charge in [-0.1, -0.05) is 18.2 Å². The molecule has 4 atom stereocenters. The number of hydrogen-bond donors (Lipinski definition) is 4. The molecule has 0 bridgehead atoms. The molecule has 0 radical (unpaired) electrons. The highest BCUT2D eigenvalue weighted by Crippen LogP contribution is 2.34. The number of aliphatic hydroxyl groups excluding tert-OH is 3. The lowest BCUT2D eigenvalue weighted by Crippen LogP contribution is -2.54. The van der Waals surface area contributed by atoms with Gasteiger partial charge in [0.05, 0.1) is 6.61 Å². The summed E-state index contributed by atoms with van der Waals surface area (Å²) in [6, 6.07) is 7.37. The predicted octanol–water partition coefficient (Wildman–Crippen LogP) is 0.920. The van der Waals surface area contributed by atoms with Crippen LogP contribution in [0, 0.1) is 18.6 Å². The van der Waals surface area contributed by atoms with Gasteiger partial charge in [-0.2, -0.15) is 4.98 Å². The molecule has 0 spiro atoms. The summed E-state index contributed by atoms with van der Waals surface area (Å²) in [6.07, 6.45) is -2.38. The van der Waals surface area contributed by atoms with Crippen LogP contribution in [0.1, 0.15) is 17.4 Å². The van der Waals surface area contributed by atoms with Crippen molar-refractivity contribution in [1.29, 1.82) is 0 Å². The standard InChI is InChI=1S/C17H21N3O5S/c1-9-4-3-5-10(2)13(9)24-11-6-7-20(16(26)19-11)15-12(22)14(23)17(18,8-21)25-15/h3-7,12,14-15,21-23H,8,18H2,1-2H3. The third-order valence-corrected chi connectivity index (χ3v) is 4.70. The largest absolute Gasteiger partial charge is 0.438 e. The number of aliphatic hydroxyl groups is 3. The average Bonchev–Trinajstić information content (AvgIpc) is 2.83. The Kier molecular flexibility index (Phi) is 5.11. The van der Waals surface area contributed by atoms with Crippen molar-refractivity contribution in [2.45, 2.75) is 38.0 Å². The zero-order valence-corrected chi connectivity index (χ0v) is 15.2. The number of nitrogens with zero attached hydrogens (tertiary/aromatic N) is 2. The van der Waals surface area contributed by atoms with Crippen LogP contribution < -0.4 is 10.5 Å². The number of aromatic nitrogens is 2. The van der Waals surface area contributed by atoms with Gasteiger partial charge in [0.2, 0.25) is 10.7 Å². The van der Waals surface area contributed by atoms with E-state index in [2.05, 4.69) is 4.98 Å². The average molecular weight is 379 g/mol. The van der Waals surface area contributed by atoms with Crippen molar-refractivity contribution in [2.75, 3.05) is 6.61 Å². The highest BCUT2D eigenvalue weighted by Gasteiger charge is 2.52. The van der Waals surface area contributed by atoms with Crippen molar-refractivity contribution >= 4 is 12.2 Å². The van der Waals surface area contributed by atoms with Gasteiger partial charge in [-0.25, -0.2) is 0 Å². The lowest BCUT2D eigenvalue weighted by Gasteiger charge is -2.24. The topological polar surface area (TPSA) is 123 Å². The van der Waals surface area contributed by atoms with Crippen LogP contribution in [-0.4, -0.2) is 49.4 Å². The lowest BCUT2D eigenvalue weighted by molar-refractivity contribution is -0.125. The van der Waals surface area contributed by atoms with Gasteiger partial charge < -0.3 is 24.8 Å². The van der Waals surface area contributed by atoms with Crippen LogP contribution in [0.15, 0.2) is 30.5 Å². The summed E-state index contributed by atoms with van der Waals surface area (Å²) >= 11 is 5.26. The first kappa shape index (κ1) is 18.9. The first-order valence-electron chi connectivity index (χ1n) is 8.04. The number of benzene rings is 1. The molecule has 26 heavy (non-hydrogen) atoms. The fourth-order valence-electron chi connectivity index (χ4n) is 2.87. The molecule has 1 fully saturated rings. The molecule has 8 nitrogen and oxygen atoms in total. The molecule has 1 aliphatic heterocycles. The fourth-order valence-corrected chi connectivity index (χ4v) is 3.13. The lowest BCUT2D eigenvalue weighted by atomic mass is 10.1. The van der Waals surface area contributed by atoms with Gasteiger partial charge in [0.1, 0.15) is 18.0 Å². The zero-order chi connectivity index (χ0) is 19.1. The molecule has 0 aliphatic carbocycles. The minimum Gasteiger partial charge on any atom is -0.438 e. The van der Waals surface area contributed by atoms with E-state index < -0.39 is 30.8 Å². The molecule has 2 heterocycles. The third-order valence-electron chi connectivity index (χ3n) is 4.40. The molecule has 4 unspecified atom stereocenters. The number of rotatable bonds is 4. The summed E-state index contributed by atoms with van der Waals surface area (Å²) < 4.78 is 12.7. The molecule has 1 aromatic carbocycles. The number of para-hydroxylation sites is 1. The van der Waals surface area contributed by atoms with Crippen LogP contribution in [0.25, 0.3) is 0 Å². The second kappa shape index (κ2) is 7.03. The monoisotopic (exact) mass is 379 g/mol. The molecular weight excluding hydrogens is 358 g/mol. The number of hydrogen-bond acceptors (Lipinski definition) is 8. The minimum absolute atomic E-state index is 0.0761. The van der Waals surface area contributed by atoms with Gasteiger partial charge in [0, 0.05) is 12.3 Å². The molecule has 1 saturated heterocycles. The van der Waals surface area contributed by atoms with Gasteiger partial charge >= 0.3 is 0 Å². The van der Waals surface area contributed by atoms with Crippen molar-refractivity contribution in [1.82, 2.24) is 9.55 Å². The third kappa shape index (κ3) is 3.25. The Morgan fingerprint density at radius 2 is 1.96 bits per heavy atom. The van der Waals surface area contributed by atoms with E-state index in [9.17, 15) is 15.3 Å². The maximum absolute atomic E-state index is 10.2. The van der Waals surface area contributed by atoms with E-state index in [4.69, 9.17) is 27.4 Å². The molecule has 1 aromatic heterocycles. The fraction of sp³-hybridized carbons (Fsp3) is 0.412. The van der Waals surface area contributed by atoms with Crippen LogP contribution in [0.5, 0.6) is 11.6 Å². The normalized spacial score (nSPS) is 28.3. The van der Waals surface area contributed by atoms with E-state index in [1.165, 1.54) is 10.8 Å². The van der Waals surface area contributed by atoms with E-state index in [0.717, 1.165) is 11.1 Å². The molecule has 2 aromatic rings. The van der Waals surface area contributed by atoms with Crippen LogP contribution in [0.4, 0.5) is 0 Å². The van der Waals surface area contributed by atoms with Crippen LogP contribution in [0.3, 0.4) is 0 Å². The smallest absolute Gasteiger partial charge is 0.223 e.